The number of rotatable bonds is 0. The van der Waals surface area contributed by atoms with Crippen LogP contribution in [0.25, 0.3) is 0 Å². The van der Waals surface area contributed by atoms with E-state index >= 15 is 0 Å². The Morgan fingerprint density at radius 1 is 1.62 bits per heavy atom. The Morgan fingerprint density at radius 2 is 2.31 bits per heavy atom. The maximum atomic E-state index is 11.4. The van der Waals surface area contributed by atoms with Gasteiger partial charge in [0.25, 0.3) is 0 Å². The van der Waals surface area contributed by atoms with Crippen LogP contribution in [-0.4, -0.2) is 15.3 Å². The van der Waals surface area contributed by atoms with Crippen LogP contribution in [0.5, 0.6) is 0 Å². The largest absolute Gasteiger partial charge is 0.592 e. The van der Waals surface area contributed by atoms with Crippen molar-refractivity contribution in [2.75, 3.05) is 5.88 Å². The fourth-order valence-corrected chi connectivity index (χ4v) is 2.64. The summed E-state index contributed by atoms with van der Waals surface area (Å²) < 4.78 is 11.3. The third-order valence-corrected chi connectivity index (χ3v) is 3.45. The Labute approximate surface area is 78.0 Å². The van der Waals surface area contributed by atoms with Gasteiger partial charge in [0.05, 0.1) is 0 Å². The van der Waals surface area contributed by atoms with E-state index in [4.69, 9.17) is 0 Å². The first kappa shape index (κ1) is 8.83. The van der Waals surface area contributed by atoms with Crippen LogP contribution in [0.2, 0.25) is 0 Å². The molecule has 1 aromatic rings. The summed E-state index contributed by atoms with van der Waals surface area (Å²) in [6.07, 6.45) is 0. The average molecular weight is 199 g/mol. The molecule has 4 nitrogen and oxygen atoms in total. The number of hydrogen-bond acceptors (Lipinski definition) is 3. The van der Waals surface area contributed by atoms with Crippen LogP contribution in [0.1, 0.15) is 5.56 Å². The molecule has 0 aromatic heterocycles. The van der Waals surface area contributed by atoms with Crippen LogP contribution in [0.3, 0.4) is 0 Å². The van der Waals surface area contributed by atoms with Gasteiger partial charge in [-0.2, -0.15) is 4.81 Å². The summed E-state index contributed by atoms with van der Waals surface area (Å²) in [4.78, 5) is -1.06. The smallest absolute Gasteiger partial charge is 0.193 e. The van der Waals surface area contributed by atoms with E-state index in [1.54, 1.807) is 18.2 Å². The van der Waals surface area contributed by atoms with Crippen molar-refractivity contribution >= 4 is 16.5 Å². The third kappa shape index (κ3) is 1.30. The minimum absolute atomic E-state index is 0.207. The molecule has 5 heteroatoms. The maximum absolute atomic E-state index is 11.4. The van der Waals surface area contributed by atoms with Crippen LogP contribution in [0.4, 0.5) is 5.69 Å². The topological polar surface area (TPSA) is 60.4 Å². The molecule has 0 bridgehead atoms. The van der Waals surface area contributed by atoms with Crippen LogP contribution < -0.4 is 4.81 Å². The van der Waals surface area contributed by atoms with Crippen LogP contribution in [0.15, 0.2) is 23.1 Å². The molecular weight excluding hydrogens is 190 g/mol. The normalized spacial score (nSPS) is 31.8. The summed E-state index contributed by atoms with van der Waals surface area (Å²) in [5, 5.41) is 20.7. The molecule has 0 radical (unpaired) electrons. The lowest BCUT2D eigenvalue weighted by Crippen LogP contribution is -2.37. The van der Waals surface area contributed by atoms with E-state index in [2.05, 4.69) is 0 Å². The molecule has 0 spiro atoms. The van der Waals surface area contributed by atoms with Gasteiger partial charge in [0, 0.05) is 6.07 Å². The van der Waals surface area contributed by atoms with Crippen molar-refractivity contribution in [3.8, 4) is 0 Å². The highest BCUT2D eigenvalue weighted by molar-refractivity contribution is 7.85. The molecule has 1 N–H and O–H groups in total. The van der Waals surface area contributed by atoms with E-state index < -0.39 is 15.6 Å². The van der Waals surface area contributed by atoms with Crippen molar-refractivity contribution in [2.24, 2.45) is 0 Å². The summed E-state index contributed by atoms with van der Waals surface area (Å²) >= 11 is 0. The molecule has 70 valence electrons. The number of benzene rings is 1. The second kappa shape index (κ2) is 2.62. The van der Waals surface area contributed by atoms with Gasteiger partial charge in [0.15, 0.2) is 11.6 Å². The summed E-state index contributed by atoms with van der Waals surface area (Å²) in [5.74, 6) is -0.293. The molecule has 0 saturated carbocycles. The lowest BCUT2D eigenvalue weighted by molar-refractivity contribution is -0.0105. The molecule has 1 heterocycles. The van der Waals surface area contributed by atoms with Crippen LogP contribution >= 0.6 is 0 Å². The molecule has 0 amide bonds. The number of aryl methyl sites for hydroxylation is 1. The Balaban J connectivity index is 2.66. The number of nitrogens with zero attached hydrogens (tertiary/aromatic N) is 1. The maximum Gasteiger partial charge on any atom is 0.193 e. The Morgan fingerprint density at radius 3 is 3.00 bits per heavy atom. The lowest BCUT2D eigenvalue weighted by atomic mass is 10.2. The second-order valence-corrected chi connectivity index (χ2v) is 4.54. The molecule has 13 heavy (non-hydrogen) atoms. The molecule has 2 unspecified atom stereocenters. The molecule has 2 rings (SSSR count). The van der Waals surface area contributed by atoms with Gasteiger partial charge in [0.2, 0.25) is 0 Å². The monoisotopic (exact) mass is 199 g/mol. The summed E-state index contributed by atoms with van der Waals surface area (Å²) in [6, 6.07) is 4.99. The van der Waals surface area contributed by atoms with E-state index in [0.29, 0.717) is 4.90 Å². The van der Waals surface area contributed by atoms with Gasteiger partial charge in [-0.3, -0.25) is 0 Å². The minimum Gasteiger partial charge on any atom is -0.592 e. The number of hydrogen-bond donors (Lipinski definition) is 1. The van der Waals surface area contributed by atoms with E-state index in [1.165, 1.54) is 0 Å². The molecule has 0 fully saturated rings. The molecule has 0 aliphatic carbocycles. The Kier molecular flexibility index (Phi) is 1.78. The molecular formula is C8H9NO3S. The average Bonchev–Trinajstić information content (AvgIpc) is 2.23. The van der Waals surface area contributed by atoms with Crippen molar-refractivity contribution in [3.05, 3.63) is 29.0 Å². The van der Waals surface area contributed by atoms with Gasteiger partial charge < -0.3 is 5.21 Å². The molecule has 1 aliphatic rings. The standard InChI is InChI=1S/C8H9NO3S/c1-6-2-3-8-7(4-6)9(10,11)5-13(8)12/h2-4,10H,5H2,1H3. The predicted octanol–water partition coefficient (Wildman–Crippen LogP) is 1.27. The van der Waals surface area contributed by atoms with Crippen molar-refractivity contribution in [1.82, 2.24) is 4.81 Å². The van der Waals surface area contributed by atoms with Crippen molar-refractivity contribution in [3.63, 3.8) is 0 Å². The quantitative estimate of drug-likeness (QED) is 0.505. The van der Waals surface area contributed by atoms with Crippen molar-refractivity contribution in [2.45, 2.75) is 11.8 Å². The first-order valence-electron chi connectivity index (χ1n) is 3.82. The van der Waals surface area contributed by atoms with E-state index in [1.807, 2.05) is 6.92 Å². The van der Waals surface area contributed by atoms with E-state index in [9.17, 15) is 14.6 Å². The van der Waals surface area contributed by atoms with E-state index in [0.717, 1.165) is 5.56 Å². The Bertz CT molecular complexity index is 389. The SMILES string of the molecule is Cc1ccc2c(c1)[N+]([O-])(O)CS2=O. The zero-order valence-corrected chi connectivity index (χ0v) is 7.87. The number of quaternary nitrogens is 1. The molecule has 2 atom stereocenters. The highest BCUT2D eigenvalue weighted by atomic mass is 32.2. The highest BCUT2D eigenvalue weighted by Gasteiger charge is 2.35. The number of fused-ring (bicyclic) bond motifs is 1. The van der Waals surface area contributed by atoms with E-state index in [-0.39, 0.29) is 11.6 Å². The van der Waals surface area contributed by atoms with Gasteiger partial charge >= 0.3 is 0 Å². The predicted molar refractivity (Wildman–Crippen MR) is 49.4 cm³/mol. The van der Waals surface area contributed by atoms with Crippen LogP contribution in [0, 0.1) is 12.1 Å². The lowest BCUT2D eigenvalue weighted by Gasteiger charge is -2.26. The third-order valence-electron chi connectivity index (χ3n) is 2.03. The summed E-state index contributed by atoms with van der Waals surface area (Å²) in [7, 11) is -1.37. The molecule has 0 saturated heterocycles. The van der Waals surface area contributed by atoms with Gasteiger partial charge in [-0.05, 0) is 18.6 Å². The van der Waals surface area contributed by atoms with Crippen molar-refractivity contribution in [1.29, 1.82) is 0 Å². The van der Waals surface area contributed by atoms with Crippen LogP contribution in [-0.2, 0) is 10.8 Å². The van der Waals surface area contributed by atoms with Gasteiger partial charge in [-0.15, -0.1) is 0 Å². The van der Waals surface area contributed by atoms with Gasteiger partial charge in [-0.25, -0.2) is 9.42 Å². The van der Waals surface area contributed by atoms with Gasteiger partial charge in [0.1, 0.15) is 15.7 Å². The fraction of sp³-hybridized carbons (Fsp3) is 0.250. The first-order valence-corrected chi connectivity index (χ1v) is 5.14. The first-order chi connectivity index (χ1) is 6.00. The van der Waals surface area contributed by atoms with Crippen molar-refractivity contribution < 1.29 is 9.42 Å². The summed E-state index contributed by atoms with van der Waals surface area (Å²) in [6.45, 7) is 1.82. The fourth-order valence-electron chi connectivity index (χ4n) is 1.39. The molecule has 1 aliphatic heterocycles. The minimum atomic E-state index is -1.51. The Hall–Kier alpha value is -0.750. The second-order valence-electron chi connectivity index (χ2n) is 3.15. The summed E-state index contributed by atoms with van der Waals surface area (Å²) in [5.41, 5.74) is 1.09. The number of hydroxylamine groups is 2. The van der Waals surface area contributed by atoms with Gasteiger partial charge in [-0.1, -0.05) is 6.07 Å². The molecule has 1 aromatic carbocycles. The zero-order chi connectivity index (χ0) is 9.64. The highest BCUT2D eigenvalue weighted by Crippen LogP contribution is 2.35. The zero-order valence-electron chi connectivity index (χ0n) is 7.06.